The topological polar surface area (TPSA) is 38.3 Å². The van der Waals surface area contributed by atoms with Crippen LogP contribution in [0.1, 0.15) is 25.0 Å². The Morgan fingerprint density at radius 2 is 2.12 bits per heavy atom. The maximum Gasteiger partial charge on any atom is 0.234 e. The molecule has 0 spiro atoms. The highest BCUT2D eigenvalue weighted by Gasteiger charge is 2.04. The molecule has 0 aromatic heterocycles. The van der Waals surface area contributed by atoms with E-state index >= 15 is 0 Å². The lowest BCUT2D eigenvalue weighted by Crippen LogP contribution is -2.26. The molecule has 0 saturated carbocycles. The number of rotatable bonds is 7. The lowest BCUT2D eigenvalue weighted by Gasteiger charge is -2.13. The Balaban J connectivity index is 2.13. The zero-order valence-corrected chi connectivity index (χ0v) is 10.7. The Labute approximate surface area is 107 Å². The first-order valence-corrected chi connectivity index (χ1v) is 6.26. The van der Waals surface area contributed by atoms with Crippen molar-refractivity contribution in [3.8, 4) is 0 Å². The Morgan fingerprint density at radius 1 is 1.41 bits per heavy atom. The van der Waals surface area contributed by atoms with Crippen molar-refractivity contribution < 1.29 is 9.53 Å². The van der Waals surface area contributed by atoms with Crippen molar-refractivity contribution in [1.29, 1.82) is 0 Å². The van der Waals surface area contributed by atoms with Crippen molar-refractivity contribution in [2.75, 3.05) is 19.0 Å². The fraction of sp³-hybridized carbons (Fsp3) is 0.462. The first-order chi connectivity index (χ1) is 8.24. The van der Waals surface area contributed by atoms with Crippen molar-refractivity contribution in [3.63, 3.8) is 0 Å². The molecule has 0 fully saturated rings. The molecule has 1 aromatic rings. The van der Waals surface area contributed by atoms with Gasteiger partial charge in [-0.3, -0.25) is 4.79 Å². The summed E-state index contributed by atoms with van der Waals surface area (Å²) < 4.78 is 5.66. The third-order valence-electron chi connectivity index (χ3n) is 2.40. The van der Waals surface area contributed by atoms with Gasteiger partial charge in [0.1, 0.15) is 5.88 Å². The number of nitrogens with one attached hydrogen (secondary N) is 1. The summed E-state index contributed by atoms with van der Waals surface area (Å²) in [5.41, 5.74) is 1.16. The summed E-state index contributed by atoms with van der Waals surface area (Å²) in [4.78, 5) is 10.8. The number of benzene rings is 1. The number of carbonyl (C=O) groups excluding carboxylic acids is 1. The number of hydrogen-bond acceptors (Lipinski definition) is 2. The summed E-state index contributed by atoms with van der Waals surface area (Å²) >= 11 is 5.35. The third kappa shape index (κ3) is 5.71. The highest BCUT2D eigenvalue weighted by molar-refractivity contribution is 6.27. The second-order valence-corrected chi connectivity index (χ2v) is 4.03. The Kier molecular flexibility index (Phi) is 6.67. The van der Waals surface area contributed by atoms with Crippen LogP contribution in [-0.2, 0) is 9.53 Å². The molecule has 1 aromatic carbocycles. The summed E-state index contributed by atoms with van der Waals surface area (Å²) in [7, 11) is 0. The molecular formula is C13H18ClNO2. The molecule has 0 saturated heterocycles. The van der Waals surface area contributed by atoms with Crippen LogP contribution in [0.4, 0.5) is 0 Å². The Hall–Kier alpha value is -1.06. The molecule has 3 nitrogen and oxygen atoms in total. The van der Waals surface area contributed by atoms with Gasteiger partial charge in [-0.2, -0.15) is 0 Å². The fourth-order valence-electron chi connectivity index (χ4n) is 1.43. The standard InChI is InChI=1S/C13H18ClNO2/c1-11(12-6-3-2-4-7-12)17-9-5-8-15-13(16)10-14/h2-4,6-7,11H,5,8-10H2,1H3,(H,15,16)/t11-/m1/s1. The lowest BCUT2D eigenvalue weighted by molar-refractivity contribution is -0.118. The van der Waals surface area contributed by atoms with Crippen molar-refractivity contribution in [3.05, 3.63) is 35.9 Å². The highest BCUT2D eigenvalue weighted by atomic mass is 35.5. The largest absolute Gasteiger partial charge is 0.374 e. The normalized spacial score (nSPS) is 12.1. The van der Waals surface area contributed by atoms with Crippen LogP contribution in [0.3, 0.4) is 0 Å². The predicted octanol–water partition coefficient (Wildman–Crippen LogP) is 2.51. The van der Waals surface area contributed by atoms with Gasteiger partial charge < -0.3 is 10.1 Å². The molecule has 0 heterocycles. The monoisotopic (exact) mass is 255 g/mol. The Morgan fingerprint density at radius 3 is 2.76 bits per heavy atom. The van der Waals surface area contributed by atoms with Gasteiger partial charge in [-0.25, -0.2) is 0 Å². The fourth-order valence-corrected chi connectivity index (χ4v) is 1.52. The van der Waals surface area contributed by atoms with Gasteiger partial charge in [0.05, 0.1) is 6.10 Å². The van der Waals surface area contributed by atoms with Gasteiger partial charge in [0.15, 0.2) is 0 Å². The van der Waals surface area contributed by atoms with Crippen LogP contribution in [0.15, 0.2) is 30.3 Å². The van der Waals surface area contributed by atoms with Crippen LogP contribution in [-0.4, -0.2) is 24.9 Å². The minimum absolute atomic E-state index is 0.0152. The zero-order chi connectivity index (χ0) is 12.5. The van der Waals surface area contributed by atoms with Crippen molar-refractivity contribution in [2.45, 2.75) is 19.4 Å². The van der Waals surface area contributed by atoms with Crippen LogP contribution in [0, 0.1) is 0 Å². The minimum Gasteiger partial charge on any atom is -0.374 e. The van der Waals surface area contributed by atoms with Crippen LogP contribution >= 0.6 is 11.6 Å². The SMILES string of the molecule is C[C@@H](OCCCNC(=O)CCl)c1ccccc1. The minimum atomic E-state index is -0.136. The molecule has 0 aliphatic carbocycles. The second kappa shape index (κ2) is 8.09. The third-order valence-corrected chi connectivity index (χ3v) is 2.64. The smallest absolute Gasteiger partial charge is 0.234 e. The van der Waals surface area contributed by atoms with Crippen molar-refractivity contribution >= 4 is 17.5 Å². The van der Waals surface area contributed by atoms with E-state index in [9.17, 15) is 4.79 Å². The van der Waals surface area contributed by atoms with Gasteiger partial charge in [-0.05, 0) is 18.9 Å². The molecular weight excluding hydrogens is 238 g/mol. The van der Waals surface area contributed by atoms with E-state index < -0.39 is 0 Å². The van der Waals surface area contributed by atoms with Gasteiger partial charge in [0.2, 0.25) is 5.91 Å². The molecule has 17 heavy (non-hydrogen) atoms. The number of amides is 1. The first-order valence-electron chi connectivity index (χ1n) is 5.73. The molecule has 1 atom stereocenters. The van der Waals surface area contributed by atoms with Gasteiger partial charge in [-0.15, -0.1) is 11.6 Å². The zero-order valence-electron chi connectivity index (χ0n) is 9.99. The molecule has 4 heteroatoms. The number of ether oxygens (including phenoxy) is 1. The van der Waals surface area contributed by atoms with Crippen LogP contribution < -0.4 is 5.32 Å². The maximum absolute atomic E-state index is 10.8. The highest BCUT2D eigenvalue weighted by Crippen LogP contribution is 2.15. The second-order valence-electron chi connectivity index (χ2n) is 3.76. The average molecular weight is 256 g/mol. The summed E-state index contributed by atoms with van der Waals surface area (Å²) in [6.45, 7) is 3.25. The molecule has 1 amide bonds. The molecule has 0 unspecified atom stereocenters. The van der Waals surface area contributed by atoms with Crippen molar-refractivity contribution in [1.82, 2.24) is 5.32 Å². The van der Waals surface area contributed by atoms with E-state index in [0.29, 0.717) is 13.2 Å². The quantitative estimate of drug-likeness (QED) is 0.601. The molecule has 94 valence electrons. The summed E-state index contributed by atoms with van der Waals surface area (Å²) in [6.07, 6.45) is 0.875. The molecule has 0 aliphatic rings. The lowest BCUT2D eigenvalue weighted by atomic mass is 10.1. The summed E-state index contributed by atoms with van der Waals surface area (Å²) in [5.74, 6) is -0.121. The molecule has 1 rings (SSSR count). The molecule has 0 aliphatic heterocycles. The van der Waals surface area contributed by atoms with Crippen LogP contribution in [0.5, 0.6) is 0 Å². The first kappa shape index (κ1) is 14.0. The summed E-state index contributed by atoms with van der Waals surface area (Å²) in [6, 6.07) is 10.1. The number of hydrogen-bond donors (Lipinski definition) is 1. The molecule has 0 radical (unpaired) electrons. The van der Waals surface area contributed by atoms with E-state index in [1.807, 2.05) is 37.3 Å². The summed E-state index contributed by atoms with van der Waals surface area (Å²) in [5, 5.41) is 2.69. The van der Waals surface area contributed by atoms with E-state index in [4.69, 9.17) is 16.3 Å². The molecule has 1 N–H and O–H groups in total. The predicted molar refractivity (Wildman–Crippen MR) is 69.2 cm³/mol. The van der Waals surface area contributed by atoms with E-state index in [-0.39, 0.29) is 17.9 Å². The van der Waals surface area contributed by atoms with Gasteiger partial charge in [0.25, 0.3) is 0 Å². The van der Waals surface area contributed by atoms with Crippen LogP contribution in [0.2, 0.25) is 0 Å². The van der Waals surface area contributed by atoms with Gasteiger partial charge >= 0.3 is 0 Å². The number of carbonyl (C=O) groups is 1. The van der Waals surface area contributed by atoms with E-state index in [0.717, 1.165) is 12.0 Å². The van der Waals surface area contributed by atoms with Crippen molar-refractivity contribution in [2.24, 2.45) is 0 Å². The van der Waals surface area contributed by atoms with E-state index in [1.54, 1.807) is 0 Å². The maximum atomic E-state index is 10.8. The average Bonchev–Trinajstić information content (AvgIpc) is 2.38. The van der Waals surface area contributed by atoms with Gasteiger partial charge in [0, 0.05) is 13.2 Å². The number of halogens is 1. The van der Waals surface area contributed by atoms with Gasteiger partial charge in [-0.1, -0.05) is 30.3 Å². The van der Waals surface area contributed by atoms with E-state index in [2.05, 4.69) is 5.32 Å². The Bertz CT molecular complexity index is 329. The van der Waals surface area contributed by atoms with Crippen LogP contribution in [0.25, 0.3) is 0 Å². The molecule has 0 bridgehead atoms. The van der Waals surface area contributed by atoms with E-state index in [1.165, 1.54) is 0 Å². The number of alkyl halides is 1.